The number of nitrogens with zero attached hydrogens (tertiary/aromatic N) is 3. The highest BCUT2D eigenvalue weighted by Gasteiger charge is 2.57. The van der Waals surface area contributed by atoms with Gasteiger partial charge in [-0.15, -0.1) is 0 Å². The van der Waals surface area contributed by atoms with Crippen molar-refractivity contribution in [3.05, 3.63) is 47.5 Å². The van der Waals surface area contributed by atoms with Crippen LogP contribution in [0.25, 0.3) is 11.1 Å². The second-order valence-corrected chi connectivity index (χ2v) is 20.1. The third-order valence-corrected chi connectivity index (χ3v) is 13.4. The molecule has 4 fully saturated rings. The van der Waals surface area contributed by atoms with Gasteiger partial charge in [-0.05, 0) is 92.6 Å². The van der Waals surface area contributed by atoms with Gasteiger partial charge < -0.3 is 40.7 Å². The topological polar surface area (TPSA) is 173 Å². The lowest BCUT2D eigenvalue weighted by atomic mass is 9.45. The van der Waals surface area contributed by atoms with Crippen molar-refractivity contribution < 1.29 is 39.0 Å². The molecule has 3 saturated carbocycles. The van der Waals surface area contributed by atoms with E-state index < -0.39 is 36.0 Å². The minimum Gasteiger partial charge on any atom is -0.496 e. The number of aliphatic hydroxyl groups is 1. The predicted molar refractivity (Wildman–Crippen MR) is 237 cm³/mol. The van der Waals surface area contributed by atoms with E-state index in [4.69, 9.17) is 14.7 Å². The summed E-state index contributed by atoms with van der Waals surface area (Å²) in [4.78, 5) is 63.0. The van der Waals surface area contributed by atoms with Gasteiger partial charge in [-0.25, -0.2) is 0 Å². The lowest BCUT2D eigenvalue weighted by Crippen LogP contribution is -2.62. The van der Waals surface area contributed by atoms with Gasteiger partial charge >= 0.3 is 5.97 Å². The molecule has 2 bridgehead atoms. The number of aliphatic hydroxyl groups excluding tert-OH is 1. The van der Waals surface area contributed by atoms with Crippen LogP contribution in [-0.2, 0) is 25.8 Å². The average molecular weight is 849 g/mol. The van der Waals surface area contributed by atoms with Crippen LogP contribution in [0.2, 0.25) is 0 Å². The summed E-state index contributed by atoms with van der Waals surface area (Å²) in [5.41, 5.74) is 3.80. The summed E-state index contributed by atoms with van der Waals surface area (Å²) in [6, 6.07) is 10.5. The number of aliphatic carboxylic acids is 1. The van der Waals surface area contributed by atoms with Gasteiger partial charge in [-0.1, -0.05) is 59.7 Å². The Morgan fingerprint density at radius 2 is 1.75 bits per heavy atom. The number of carbonyl (C=O) groups excluding carboxylic acids is 3. The van der Waals surface area contributed by atoms with E-state index in [1.807, 2.05) is 69.5 Å². The van der Waals surface area contributed by atoms with E-state index in [9.17, 15) is 24.3 Å². The van der Waals surface area contributed by atoms with Crippen molar-refractivity contribution in [1.82, 2.24) is 25.9 Å². The first-order valence-corrected chi connectivity index (χ1v) is 21.8. The zero-order valence-corrected chi connectivity index (χ0v) is 38.5. The molecule has 2 aromatic carbocycles. The van der Waals surface area contributed by atoms with Crippen molar-refractivity contribution >= 4 is 29.4 Å². The van der Waals surface area contributed by atoms with Crippen molar-refractivity contribution in [2.75, 3.05) is 53.3 Å². The lowest BCUT2D eigenvalue weighted by molar-refractivity contribution is -0.177. The van der Waals surface area contributed by atoms with Gasteiger partial charge in [0.2, 0.25) is 11.8 Å². The molecule has 0 radical (unpaired) electrons. The summed E-state index contributed by atoms with van der Waals surface area (Å²) in [7, 11) is 9.45. The number of carboxylic acid groups (broad SMARTS) is 1. The molecule has 3 amide bonds. The van der Waals surface area contributed by atoms with Crippen molar-refractivity contribution in [3.63, 3.8) is 0 Å². The van der Waals surface area contributed by atoms with Crippen LogP contribution in [0.3, 0.4) is 0 Å². The first-order valence-electron chi connectivity index (χ1n) is 21.8. The number of hydrogen-bond acceptors (Lipinski definition) is 10. The summed E-state index contributed by atoms with van der Waals surface area (Å²) >= 11 is 0. The molecule has 9 atom stereocenters. The molecule has 1 saturated heterocycles. The van der Waals surface area contributed by atoms with Crippen LogP contribution in [0.4, 0.5) is 5.69 Å². The molecular formula is C47H72N6O8. The molecule has 4 aliphatic rings. The molecule has 0 unspecified atom stereocenters. The van der Waals surface area contributed by atoms with Crippen LogP contribution in [0.1, 0.15) is 96.5 Å². The van der Waals surface area contributed by atoms with E-state index in [-0.39, 0.29) is 66.6 Å². The molecule has 2 aromatic rings. The first kappa shape index (κ1) is 47.8. The zero-order chi connectivity index (χ0) is 45.1. The molecule has 1 aliphatic heterocycles. The van der Waals surface area contributed by atoms with Crippen LogP contribution >= 0.6 is 0 Å². The van der Waals surface area contributed by atoms with Gasteiger partial charge in [0.05, 0.1) is 26.2 Å². The number of amides is 3. The molecule has 338 valence electrons. The molecule has 14 nitrogen and oxygen atoms in total. The largest absolute Gasteiger partial charge is 0.496 e. The van der Waals surface area contributed by atoms with Crippen molar-refractivity contribution in [3.8, 4) is 16.9 Å². The number of hydrogen-bond donors (Lipinski definition) is 5. The van der Waals surface area contributed by atoms with Crippen LogP contribution < -0.4 is 25.6 Å². The molecule has 0 aromatic heterocycles. The van der Waals surface area contributed by atoms with Crippen molar-refractivity contribution in [2.45, 2.75) is 117 Å². The fraction of sp³-hybridized carbons (Fsp3) is 0.660. The first-order chi connectivity index (χ1) is 28.5. The summed E-state index contributed by atoms with van der Waals surface area (Å²) < 4.78 is 6.14. The van der Waals surface area contributed by atoms with Gasteiger partial charge in [0.1, 0.15) is 17.9 Å². The molecule has 5 N–H and O–H groups in total. The third kappa shape index (κ3) is 11.4. The number of carboxylic acids is 1. The summed E-state index contributed by atoms with van der Waals surface area (Å²) in [5, 5.41) is 31.4. The van der Waals surface area contributed by atoms with Crippen LogP contribution in [0, 0.1) is 34.5 Å². The van der Waals surface area contributed by atoms with Gasteiger partial charge in [-0.3, -0.25) is 24.0 Å². The highest BCUT2D eigenvalue weighted by molar-refractivity contribution is 5.97. The second kappa shape index (κ2) is 19.4. The number of methoxy groups -OCH3 is 1. The van der Waals surface area contributed by atoms with Gasteiger partial charge in [0.25, 0.3) is 5.91 Å². The maximum Gasteiger partial charge on any atom is 0.303 e. The number of likely N-dealkylation sites (N-methyl/N-ethyl adjacent to an activating group) is 1. The molecule has 3 aliphatic carbocycles. The monoisotopic (exact) mass is 849 g/mol. The SMILES string of the molecule is COc1c(CN2O[C@@H](CNC(=O)CCC(=O)O)[C@@H]([C@H](C)O)[C@H]2C(=O)N[C@H]2C[C@H]3C[C@@H]([C@@H]2C)C3(C)C)cccc1-c1cc(C(=O)N[C@H](CN(C)C)CC(C)(C)C)cc(N(C)C)c1. The molecule has 1 heterocycles. The normalized spacial score (nSPS) is 25.6. The third-order valence-electron chi connectivity index (χ3n) is 13.4. The van der Waals surface area contributed by atoms with Crippen LogP contribution in [0.5, 0.6) is 5.75 Å². The number of hydroxylamine groups is 2. The van der Waals surface area contributed by atoms with Gasteiger partial charge in [0, 0.05) is 74.0 Å². The highest BCUT2D eigenvalue weighted by atomic mass is 16.7. The maximum atomic E-state index is 14.6. The average Bonchev–Trinajstić information content (AvgIpc) is 3.53. The van der Waals surface area contributed by atoms with Gasteiger partial charge in [-0.2, -0.15) is 5.06 Å². The Hall–Kier alpha value is -4.24. The van der Waals surface area contributed by atoms with E-state index >= 15 is 0 Å². The highest BCUT2D eigenvalue weighted by Crippen LogP contribution is 2.61. The molecule has 61 heavy (non-hydrogen) atoms. The second-order valence-electron chi connectivity index (χ2n) is 20.1. The molecular weight excluding hydrogens is 777 g/mol. The number of rotatable bonds is 18. The number of ether oxygens (including phenoxy) is 1. The Kier molecular flexibility index (Phi) is 15.2. The van der Waals surface area contributed by atoms with E-state index in [1.54, 1.807) is 19.1 Å². The van der Waals surface area contributed by atoms with Crippen LogP contribution in [-0.4, -0.2) is 123 Å². The number of benzene rings is 2. The number of anilines is 1. The molecule has 0 spiro atoms. The summed E-state index contributed by atoms with van der Waals surface area (Å²) in [6.07, 6.45) is 0.530. The molecule has 6 rings (SSSR count). The number of para-hydroxylation sites is 1. The Balaban J connectivity index is 1.48. The Morgan fingerprint density at radius 3 is 2.33 bits per heavy atom. The van der Waals surface area contributed by atoms with Crippen LogP contribution in [0.15, 0.2) is 36.4 Å². The fourth-order valence-corrected chi connectivity index (χ4v) is 10.1. The number of carbonyl (C=O) groups is 4. The number of fused-ring (bicyclic) bond motifs is 2. The quantitative estimate of drug-likeness (QED) is 0.134. The Labute approximate surface area is 363 Å². The van der Waals surface area contributed by atoms with E-state index in [0.29, 0.717) is 35.3 Å². The predicted octanol–water partition coefficient (Wildman–Crippen LogP) is 5.17. The summed E-state index contributed by atoms with van der Waals surface area (Å²) in [5.74, 6) is -0.877. The zero-order valence-electron chi connectivity index (χ0n) is 38.5. The van der Waals surface area contributed by atoms with Crippen molar-refractivity contribution in [2.24, 2.45) is 34.5 Å². The lowest BCUT2D eigenvalue weighted by Gasteiger charge is -2.62. The standard InChI is InChI=1S/C47H72N6O8/c1-27-36-21-32(47(36,6)7)22-37(27)50-45(59)42-41(28(2)54)38(24-48-39(55)16-17-40(56)57)61-53(42)25-29-14-13-15-35(43(29)60-12)30-18-31(20-34(19-30)52(10)11)44(58)49-33(26-51(8)9)23-46(3,4)5/h13-15,18-20,27-28,32-33,36-38,41-42,54H,16-17,21-26H2,1-12H3,(H,48,55)(H,49,58)(H,50,59)(H,56,57)/t27-,28-,32+,33-,36-,37-,38-,41+,42-/m0/s1. The fourth-order valence-electron chi connectivity index (χ4n) is 10.1. The smallest absolute Gasteiger partial charge is 0.303 e. The summed E-state index contributed by atoms with van der Waals surface area (Å²) in [6.45, 7) is 15.7. The van der Waals surface area contributed by atoms with E-state index in [2.05, 4.69) is 62.4 Å². The van der Waals surface area contributed by atoms with Crippen molar-refractivity contribution in [1.29, 1.82) is 0 Å². The number of nitrogens with one attached hydrogen (secondary N) is 3. The Bertz CT molecular complexity index is 1890. The maximum absolute atomic E-state index is 14.6. The minimum absolute atomic E-state index is 0.00802. The van der Waals surface area contributed by atoms with E-state index in [1.165, 1.54) is 0 Å². The van der Waals surface area contributed by atoms with E-state index in [0.717, 1.165) is 36.1 Å². The van der Waals surface area contributed by atoms with Gasteiger partial charge in [0.15, 0.2) is 0 Å². The Morgan fingerprint density at radius 1 is 1.05 bits per heavy atom. The minimum atomic E-state index is -1.08. The molecule has 14 heteroatoms.